The number of anilines is 1. The van der Waals surface area contributed by atoms with Gasteiger partial charge in [0, 0.05) is 25.2 Å². The lowest BCUT2D eigenvalue weighted by atomic mass is 9.83. The van der Waals surface area contributed by atoms with Gasteiger partial charge in [0.05, 0.1) is 5.02 Å². The molecule has 1 aliphatic rings. The van der Waals surface area contributed by atoms with Crippen LogP contribution < -0.4 is 4.90 Å². The Morgan fingerprint density at radius 1 is 1.35 bits per heavy atom. The molecule has 1 fully saturated rings. The molecule has 2 heterocycles. The number of pyridine rings is 1. The Bertz CT molecular complexity index is 394. The summed E-state index contributed by atoms with van der Waals surface area (Å²) in [6, 6.07) is 2.01. The summed E-state index contributed by atoms with van der Waals surface area (Å²) < 4.78 is 0. The zero-order valence-electron chi connectivity index (χ0n) is 10.3. The fraction of sp³-hybridized carbons (Fsp3) is 0.615. The molecular formula is C13H18Cl2N2. The van der Waals surface area contributed by atoms with Crippen LogP contribution in [-0.2, 0) is 5.88 Å². The molecule has 0 spiro atoms. The minimum absolute atomic E-state index is 0.438. The van der Waals surface area contributed by atoms with Gasteiger partial charge in [-0.15, -0.1) is 11.6 Å². The summed E-state index contributed by atoms with van der Waals surface area (Å²) in [4.78, 5) is 6.71. The number of hydrogen-bond donors (Lipinski definition) is 0. The lowest BCUT2D eigenvalue weighted by Gasteiger charge is -2.37. The van der Waals surface area contributed by atoms with E-state index in [4.69, 9.17) is 23.2 Å². The molecule has 94 valence electrons. The largest absolute Gasteiger partial charge is 0.357 e. The molecule has 1 aromatic heterocycles. The highest BCUT2D eigenvalue weighted by Gasteiger charge is 2.26. The second-order valence-electron chi connectivity index (χ2n) is 5.42. The van der Waals surface area contributed by atoms with Crippen molar-refractivity contribution in [3.05, 3.63) is 22.8 Å². The Balaban J connectivity index is 2.13. The van der Waals surface area contributed by atoms with Gasteiger partial charge >= 0.3 is 0 Å². The molecule has 0 aliphatic carbocycles. The zero-order chi connectivity index (χ0) is 12.5. The van der Waals surface area contributed by atoms with Gasteiger partial charge in [-0.25, -0.2) is 4.98 Å². The number of hydrogen-bond acceptors (Lipinski definition) is 2. The van der Waals surface area contributed by atoms with Crippen LogP contribution >= 0.6 is 23.2 Å². The highest BCUT2D eigenvalue weighted by molar-refractivity contribution is 6.32. The van der Waals surface area contributed by atoms with E-state index in [0.717, 1.165) is 24.5 Å². The molecule has 0 aromatic carbocycles. The summed E-state index contributed by atoms with van der Waals surface area (Å²) in [6.07, 6.45) is 4.11. The molecule has 0 N–H and O–H groups in total. The lowest BCUT2D eigenvalue weighted by molar-refractivity contribution is 0.279. The first-order chi connectivity index (χ1) is 8.02. The molecule has 4 heteroatoms. The van der Waals surface area contributed by atoms with Crippen LogP contribution in [0, 0.1) is 5.41 Å². The predicted molar refractivity (Wildman–Crippen MR) is 74.0 cm³/mol. The molecule has 1 aromatic rings. The zero-order valence-corrected chi connectivity index (χ0v) is 11.9. The van der Waals surface area contributed by atoms with Crippen LogP contribution in [0.1, 0.15) is 32.3 Å². The third-order valence-electron chi connectivity index (χ3n) is 3.51. The lowest BCUT2D eigenvalue weighted by Crippen LogP contribution is -2.37. The Labute approximate surface area is 113 Å². The minimum Gasteiger partial charge on any atom is -0.357 e. The van der Waals surface area contributed by atoms with Crippen LogP contribution in [0.15, 0.2) is 12.3 Å². The molecule has 0 unspecified atom stereocenters. The van der Waals surface area contributed by atoms with Crippen LogP contribution in [0.3, 0.4) is 0 Å². The van der Waals surface area contributed by atoms with Gasteiger partial charge in [-0.3, -0.25) is 0 Å². The average molecular weight is 273 g/mol. The molecule has 0 amide bonds. The standard InChI is InChI=1S/C13H18Cl2N2/c1-13(2)3-5-17(6-4-13)12-7-10(8-14)11(15)9-16-12/h7,9H,3-6,8H2,1-2H3. The van der Waals surface area contributed by atoms with Crippen molar-refractivity contribution in [3.63, 3.8) is 0 Å². The highest BCUT2D eigenvalue weighted by atomic mass is 35.5. The monoisotopic (exact) mass is 272 g/mol. The van der Waals surface area contributed by atoms with Gasteiger partial charge in [0.1, 0.15) is 5.82 Å². The van der Waals surface area contributed by atoms with Crippen LogP contribution in [-0.4, -0.2) is 18.1 Å². The van der Waals surface area contributed by atoms with Crippen molar-refractivity contribution in [1.29, 1.82) is 0 Å². The van der Waals surface area contributed by atoms with Crippen molar-refractivity contribution < 1.29 is 0 Å². The number of alkyl halides is 1. The third-order valence-corrected chi connectivity index (χ3v) is 4.13. The van der Waals surface area contributed by atoms with E-state index in [2.05, 4.69) is 23.7 Å². The minimum atomic E-state index is 0.438. The van der Waals surface area contributed by atoms with E-state index < -0.39 is 0 Å². The second-order valence-corrected chi connectivity index (χ2v) is 6.09. The first-order valence-corrected chi connectivity index (χ1v) is 6.88. The van der Waals surface area contributed by atoms with E-state index in [1.165, 1.54) is 12.8 Å². The third kappa shape index (κ3) is 3.05. The van der Waals surface area contributed by atoms with Gasteiger partial charge in [-0.05, 0) is 29.9 Å². The van der Waals surface area contributed by atoms with E-state index in [1.54, 1.807) is 6.20 Å². The van der Waals surface area contributed by atoms with E-state index in [0.29, 0.717) is 16.3 Å². The van der Waals surface area contributed by atoms with Crippen LogP contribution in [0.4, 0.5) is 5.82 Å². The van der Waals surface area contributed by atoms with E-state index in [9.17, 15) is 0 Å². The summed E-state index contributed by atoms with van der Waals surface area (Å²) in [7, 11) is 0. The number of rotatable bonds is 2. The first kappa shape index (κ1) is 13.0. The topological polar surface area (TPSA) is 16.1 Å². The highest BCUT2D eigenvalue weighted by Crippen LogP contribution is 2.32. The quantitative estimate of drug-likeness (QED) is 0.754. The molecular weight excluding hydrogens is 255 g/mol. The fourth-order valence-corrected chi connectivity index (χ4v) is 2.54. The molecule has 0 atom stereocenters. The Morgan fingerprint density at radius 2 is 2.00 bits per heavy atom. The molecule has 0 radical (unpaired) electrons. The summed E-state index contributed by atoms with van der Waals surface area (Å²) in [6.45, 7) is 6.76. The van der Waals surface area contributed by atoms with Gasteiger partial charge in [0.2, 0.25) is 0 Å². The second kappa shape index (κ2) is 5.03. The van der Waals surface area contributed by atoms with Crippen LogP contribution in [0.2, 0.25) is 5.02 Å². The van der Waals surface area contributed by atoms with Crippen molar-refractivity contribution in [1.82, 2.24) is 4.98 Å². The van der Waals surface area contributed by atoms with Crippen molar-refractivity contribution in [2.24, 2.45) is 5.41 Å². The van der Waals surface area contributed by atoms with Gasteiger partial charge in [0.15, 0.2) is 0 Å². The Morgan fingerprint density at radius 3 is 2.59 bits per heavy atom. The summed E-state index contributed by atoms with van der Waals surface area (Å²) in [5.74, 6) is 1.44. The maximum Gasteiger partial charge on any atom is 0.128 e. The van der Waals surface area contributed by atoms with Gasteiger partial charge in [0.25, 0.3) is 0 Å². The predicted octanol–water partition coefficient (Wildman–Crippen LogP) is 4.10. The number of nitrogens with zero attached hydrogens (tertiary/aromatic N) is 2. The van der Waals surface area contributed by atoms with E-state index >= 15 is 0 Å². The average Bonchev–Trinajstić information content (AvgIpc) is 2.30. The Hall–Kier alpha value is -0.470. The fourth-order valence-electron chi connectivity index (χ4n) is 2.08. The van der Waals surface area contributed by atoms with Crippen LogP contribution in [0.25, 0.3) is 0 Å². The number of piperidine rings is 1. The molecule has 2 nitrogen and oxygen atoms in total. The van der Waals surface area contributed by atoms with Gasteiger partial charge in [-0.1, -0.05) is 25.4 Å². The molecule has 0 saturated carbocycles. The molecule has 0 bridgehead atoms. The molecule has 17 heavy (non-hydrogen) atoms. The summed E-state index contributed by atoms with van der Waals surface area (Å²) >= 11 is 11.9. The maximum absolute atomic E-state index is 6.02. The van der Waals surface area contributed by atoms with E-state index in [-0.39, 0.29) is 0 Å². The number of aromatic nitrogens is 1. The Kier molecular flexibility index (Phi) is 3.84. The molecule has 2 rings (SSSR count). The van der Waals surface area contributed by atoms with E-state index in [1.807, 2.05) is 6.07 Å². The van der Waals surface area contributed by atoms with Crippen molar-refractivity contribution in [2.45, 2.75) is 32.6 Å². The SMILES string of the molecule is CC1(C)CCN(c2cc(CCl)c(Cl)cn2)CC1. The van der Waals surface area contributed by atoms with Crippen molar-refractivity contribution in [2.75, 3.05) is 18.0 Å². The van der Waals surface area contributed by atoms with Gasteiger partial charge < -0.3 is 4.90 Å². The normalized spacial score (nSPS) is 19.4. The van der Waals surface area contributed by atoms with Crippen LogP contribution in [0.5, 0.6) is 0 Å². The summed E-state index contributed by atoms with van der Waals surface area (Å²) in [5.41, 5.74) is 1.42. The van der Waals surface area contributed by atoms with Gasteiger partial charge in [-0.2, -0.15) is 0 Å². The molecule has 1 saturated heterocycles. The smallest absolute Gasteiger partial charge is 0.128 e. The van der Waals surface area contributed by atoms with Crippen molar-refractivity contribution >= 4 is 29.0 Å². The molecule has 1 aliphatic heterocycles. The summed E-state index contributed by atoms with van der Waals surface area (Å²) in [5, 5.41) is 0.654. The van der Waals surface area contributed by atoms with Crippen molar-refractivity contribution in [3.8, 4) is 0 Å². The number of halogens is 2. The maximum atomic E-state index is 6.02. The first-order valence-electron chi connectivity index (χ1n) is 5.97.